The molecule has 1 heterocycles. The number of nitrogens with zero attached hydrogens (tertiary/aromatic N) is 3. The Bertz CT molecular complexity index is 571. The van der Waals surface area contributed by atoms with Crippen molar-refractivity contribution in [3.8, 4) is 0 Å². The largest absolute Gasteiger partial charge is 0.313 e. The van der Waals surface area contributed by atoms with E-state index in [9.17, 15) is 0 Å². The summed E-state index contributed by atoms with van der Waals surface area (Å²) in [5.74, 6) is 1.55. The van der Waals surface area contributed by atoms with Gasteiger partial charge in [0, 0.05) is 24.0 Å². The molecule has 0 aliphatic rings. The Labute approximate surface area is 131 Å². The molecule has 1 aromatic carbocycles. The normalized spacial score (nSPS) is 12.9. The van der Waals surface area contributed by atoms with Gasteiger partial charge in [-0.1, -0.05) is 31.5 Å². The van der Waals surface area contributed by atoms with Crippen molar-refractivity contribution in [1.29, 1.82) is 0 Å². The van der Waals surface area contributed by atoms with E-state index in [1.807, 2.05) is 23.9 Å². The van der Waals surface area contributed by atoms with Crippen molar-refractivity contribution >= 4 is 11.6 Å². The van der Waals surface area contributed by atoms with Crippen LogP contribution in [-0.4, -0.2) is 21.8 Å². The van der Waals surface area contributed by atoms with Crippen molar-refractivity contribution in [3.05, 3.63) is 46.5 Å². The molecule has 21 heavy (non-hydrogen) atoms. The number of hydrogen-bond acceptors (Lipinski definition) is 3. The van der Waals surface area contributed by atoms with Crippen LogP contribution in [0.5, 0.6) is 0 Å². The Morgan fingerprint density at radius 1 is 1.29 bits per heavy atom. The van der Waals surface area contributed by atoms with Gasteiger partial charge in [-0.05, 0) is 43.1 Å². The molecule has 0 saturated heterocycles. The van der Waals surface area contributed by atoms with Crippen molar-refractivity contribution in [2.24, 2.45) is 5.92 Å². The monoisotopic (exact) mass is 306 g/mol. The van der Waals surface area contributed by atoms with Crippen LogP contribution in [0.3, 0.4) is 0 Å². The summed E-state index contributed by atoms with van der Waals surface area (Å²) < 4.78 is 1.99. The number of benzene rings is 1. The number of hydrogen-bond donors (Lipinski definition) is 1. The minimum absolute atomic E-state index is 0.178. The molecule has 0 spiro atoms. The molecule has 0 radical (unpaired) electrons. The molecule has 2 aromatic rings. The average molecular weight is 307 g/mol. The van der Waals surface area contributed by atoms with E-state index in [2.05, 4.69) is 42.2 Å². The maximum absolute atomic E-state index is 6.17. The minimum atomic E-state index is 0.178. The van der Waals surface area contributed by atoms with E-state index in [1.165, 1.54) is 11.1 Å². The van der Waals surface area contributed by atoms with E-state index in [1.54, 1.807) is 6.33 Å². The molecule has 0 aliphatic heterocycles. The number of halogens is 1. The molecule has 1 atom stereocenters. The number of aromatic nitrogens is 3. The van der Waals surface area contributed by atoms with Gasteiger partial charge in [-0.25, -0.2) is 9.67 Å². The molecule has 0 fully saturated rings. The number of likely N-dealkylation sites (N-methyl/N-ethyl adjacent to an activating group) is 1. The lowest BCUT2D eigenvalue weighted by atomic mass is 10.0. The summed E-state index contributed by atoms with van der Waals surface area (Å²) in [6.07, 6.45) is 2.43. The third-order valence-electron chi connectivity index (χ3n) is 3.44. The predicted octanol–water partition coefficient (Wildman–Crippen LogP) is 3.40. The van der Waals surface area contributed by atoms with Gasteiger partial charge in [-0.15, -0.1) is 0 Å². The van der Waals surface area contributed by atoms with Crippen LogP contribution in [0.4, 0.5) is 0 Å². The third kappa shape index (κ3) is 4.29. The molecule has 1 unspecified atom stereocenters. The molecule has 4 nitrogen and oxygen atoms in total. The summed E-state index contributed by atoms with van der Waals surface area (Å²) in [5, 5.41) is 8.45. The van der Waals surface area contributed by atoms with Gasteiger partial charge in [0.2, 0.25) is 0 Å². The maximum Gasteiger partial charge on any atom is 0.138 e. The van der Waals surface area contributed by atoms with Gasteiger partial charge in [0.25, 0.3) is 0 Å². The van der Waals surface area contributed by atoms with Crippen LogP contribution in [0.1, 0.15) is 36.8 Å². The van der Waals surface area contributed by atoms with Crippen molar-refractivity contribution in [3.63, 3.8) is 0 Å². The summed E-state index contributed by atoms with van der Waals surface area (Å²) in [6.45, 7) is 7.31. The Morgan fingerprint density at radius 3 is 2.67 bits per heavy atom. The Balaban J connectivity index is 2.21. The molecule has 0 amide bonds. The van der Waals surface area contributed by atoms with Crippen LogP contribution in [-0.2, 0) is 13.0 Å². The van der Waals surface area contributed by atoms with Crippen LogP contribution >= 0.6 is 11.6 Å². The molecule has 0 saturated carbocycles. The van der Waals surface area contributed by atoms with Gasteiger partial charge < -0.3 is 5.32 Å². The van der Waals surface area contributed by atoms with Crippen LogP contribution in [0.15, 0.2) is 24.5 Å². The summed E-state index contributed by atoms with van der Waals surface area (Å²) in [4.78, 5) is 4.41. The highest BCUT2D eigenvalue weighted by molar-refractivity contribution is 6.30. The molecule has 5 heteroatoms. The average Bonchev–Trinajstić information content (AvgIpc) is 2.81. The molecule has 2 rings (SSSR count). The fraction of sp³-hybridized carbons (Fsp3) is 0.500. The highest BCUT2D eigenvalue weighted by Crippen LogP contribution is 2.22. The topological polar surface area (TPSA) is 42.7 Å². The Hall–Kier alpha value is -1.39. The summed E-state index contributed by atoms with van der Waals surface area (Å²) >= 11 is 6.17. The first-order valence-corrected chi connectivity index (χ1v) is 7.68. The molecule has 0 aliphatic carbocycles. The lowest BCUT2D eigenvalue weighted by Gasteiger charge is -2.18. The fourth-order valence-corrected chi connectivity index (χ4v) is 2.78. The van der Waals surface area contributed by atoms with Gasteiger partial charge >= 0.3 is 0 Å². The second kappa shape index (κ2) is 7.05. The van der Waals surface area contributed by atoms with E-state index in [0.29, 0.717) is 5.92 Å². The van der Waals surface area contributed by atoms with Gasteiger partial charge in [0.1, 0.15) is 12.2 Å². The van der Waals surface area contributed by atoms with Crippen molar-refractivity contribution in [1.82, 2.24) is 20.1 Å². The summed E-state index contributed by atoms with van der Waals surface area (Å²) in [5.41, 5.74) is 2.35. The lowest BCUT2D eigenvalue weighted by Crippen LogP contribution is -2.22. The van der Waals surface area contributed by atoms with Crippen LogP contribution in [0, 0.1) is 12.8 Å². The first kappa shape index (κ1) is 16.0. The van der Waals surface area contributed by atoms with Gasteiger partial charge in [0.05, 0.1) is 0 Å². The van der Waals surface area contributed by atoms with Crippen LogP contribution in [0.2, 0.25) is 5.02 Å². The maximum atomic E-state index is 6.17. The SMILES string of the molecule is CNC(Cc1ncnn1CC(C)C)c1cc(C)cc(Cl)c1. The zero-order chi connectivity index (χ0) is 15.4. The smallest absolute Gasteiger partial charge is 0.138 e. The Kier molecular flexibility index (Phi) is 5.37. The number of nitrogens with one attached hydrogen (secondary N) is 1. The third-order valence-corrected chi connectivity index (χ3v) is 3.65. The Morgan fingerprint density at radius 2 is 2.05 bits per heavy atom. The first-order valence-electron chi connectivity index (χ1n) is 7.30. The van der Waals surface area contributed by atoms with E-state index in [4.69, 9.17) is 11.6 Å². The quantitative estimate of drug-likeness (QED) is 0.889. The molecular weight excluding hydrogens is 284 g/mol. The minimum Gasteiger partial charge on any atom is -0.313 e. The summed E-state index contributed by atoms with van der Waals surface area (Å²) in [7, 11) is 1.96. The van der Waals surface area contributed by atoms with E-state index >= 15 is 0 Å². The molecule has 114 valence electrons. The molecule has 0 bridgehead atoms. The highest BCUT2D eigenvalue weighted by atomic mass is 35.5. The van der Waals surface area contributed by atoms with Gasteiger partial charge in [-0.3, -0.25) is 0 Å². The molecule has 1 N–H and O–H groups in total. The fourth-order valence-electron chi connectivity index (χ4n) is 2.48. The van der Waals surface area contributed by atoms with Gasteiger partial charge in [0.15, 0.2) is 0 Å². The van der Waals surface area contributed by atoms with Crippen molar-refractivity contribution in [2.75, 3.05) is 7.05 Å². The predicted molar refractivity (Wildman–Crippen MR) is 86.6 cm³/mol. The van der Waals surface area contributed by atoms with Crippen LogP contribution < -0.4 is 5.32 Å². The van der Waals surface area contributed by atoms with Gasteiger partial charge in [-0.2, -0.15) is 5.10 Å². The standard InChI is InChI=1S/C16H23ClN4/c1-11(2)9-21-16(19-10-20-21)8-15(18-4)13-5-12(3)6-14(17)7-13/h5-7,10-11,15,18H,8-9H2,1-4H3. The van der Waals surface area contributed by atoms with Crippen LogP contribution in [0.25, 0.3) is 0 Å². The zero-order valence-corrected chi connectivity index (χ0v) is 13.9. The number of aryl methyl sites for hydroxylation is 1. The van der Waals surface area contributed by atoms with E-state index in [0.717, 1.165) is 23.8 Å². The zero-order valence-electron chi connectivity index (χ0n) is 13.1. The second-order valence-electron chi connectivity index (χ2n) is 5.86. The second-order valence-corrected chi connectivity index (χ2v) is 6.30. The highest BCUT2D eigenvalue weighted by Gasteiger charge is 2.15. The van der Waals surface area contributed by atoms with Crippen molar-refractivity contribution in [2.45, 2.75) is 39.8 Å². The first-order chi connectivity index (χ1) is 9.99. The van der Waals surface area contributed by atoms with Crippen molar-refractivity contribution < 1.29 is 0 Å². The molecular formula is C16H23ClN4. The molecule has 1 aromatic heterocycles. The lowest BCUT2D eigenvalue weighted by molar-refractivity contribution is 0.451. The number of rotatable bonds is 6. The van der Waals surface area contributed by atoms with E-state index < -0.39 is 0 Å². The van der Waals surface area contributed by atoms with E-state index in [-0.39, 0.29) is 6.04 Å². The summed E-state index contributed by atoms with van der Waals surface area (Å²) in [6, 6.07) is 6.33.